The van der Waals surface area contributed by atoms with Gasteiger partial charge in [-0.05, 0) is 36.7 Å². The third kappa shape index (κ3) is 3.01. The maximum atomic E-state index is 12.7. The molecule has 7 heteroatoms. The van der Waals surface area contributed by atoms with Crippen molar-refractivity contribution in [3.05, 3.63) is 40.8 Å². The van der Waals surface area contributed by atoms with Crippen LogP contribution < -0.4 is 4.74 Å². The van der Waals surface area contributed by atoms with Crippen LogP contribution in [0.5, 0.6) is 5.75 Å². The zero-order valence-corrected chi connectivity index (χ0v) is 11.4. The maximum Gasteiger partial charge on any atom is 0.433 e. The highest BCUT2D eigenvalue weighted by Gasteiger charge is 2.33. The van der Waals surface area contributed by atoms with E-state index < -0.39 is 17.2 Å². The van der Waals surface area contributed by atoms with Crippen molar-refractivity contribution in [1.29, 1.82) is 0 Å². The fourth-order valence-electron chi connectivity index (χ4n) is 1.72. The molecular weight excluding hydrogens is 293 g/mol. The van der Waals surface area contributed by atoms with Crippen LogP contribution in [0.1, 0.15) is 11.3 Å². The Morgan fingerprint density at radius 1 is 1.15 bits per heavy atom. The lowest BCUT2D eigenvalue weighted by atomic mass is 10.1. The topological polar surface area (TPSA) is 35.0 Å². The van der Waals surface area contributed by atoms with Gasteiger partial charge in [0.2, 0.25) is 5.28 Å². The molecule has 0 amide bonds. The molecule has 0 aliphatic rings. The Labute approximate surface area is 118 Å². The minimum absolute atomic E-state index is 0.0675. The quantitative estimate of drug-likeness (QED) is 0.782. The number of alkyl halides is 3. The summed E-state index contributed by atoms with van der Waals surface area (Å²) in [6.45, 7) is 1.82. The van der Waals surface area contributed by atoms with E-state index in [0.29, 0.717) is 11.3 Å². The molecule has 0 saturated carbocycles. The lowest BCUT2D eigenvalue weighted by Crippen LogP contribution is -2.09. The van der Waals surface area contributed by atoms with Gasteiger partial charge in [0, 0.05) is 5.56 Å². The number of methoxy groups -OCH3 is 1. The van der Waals surface area contributed by atoms with Crippen molar-refractivity contribution in [2.75, 3.05) is 7.11 Å². The van der Waals surface area contributed by atoms with Gasteiger partial charge in [-0.15, -0.1) is 0 Å². The van der Waals surface area contributed by atoms with Crippen molar-refractivity contribution in [3.8, 4) is 17.0 Å². The number of hydrogen-bond donors (Lipinski definition) is 0. The number of rotatable bonds is 2. The highest BCUT2D eigenvalue weighted by atomic mass is 35.5. The molecule has 0 fully saturated rings. The first kappa shape index (κ1) is 14.6. The summed E-state index contributed by atoms with van der Waals surface area (Å²) in [7, 11) is 1.43. The summed E-state index contributed by atoms with van der Waals surface area (Å²) in [4.78, 5) is 7.04. The van der Waals surface area contributed by atoms with E-state index in [4.69, 9.17) is 16.3 Å². The molecule has 3 nitrogen and oxygen atoms in total. The minimum atomic E-state index is -4.58. The van der Waals surface area contributed by atoms with Crippen molar-refractivity contribution in [2.24, 2.45) is 0 Å². The second-order valence-corrected chi connectivity index (χ2v) is 4.45. The third-order valence-electron chi connectivity index (χ3n) is 2.62. The van der Waals surface area contributed by atoms with Crippen LogP contribution in [0.25, 0.3) is 11.3 Å². The molecule has 2 rings (SSSR count). The molecule has 0 atom stereocenters. The molecule has 0 bridgehead atoms. The van der Waals surface area contributed by atoms with Gasteiger partial charge in [0.25, 0.3) is 0 Å². The van der Waals surface area contributed by atoms with Crippen molar-refractivity contribution in [3.63, 3.8) is 0 Å². The van der Waals surface area contributed by atoms with Crippen molar-refractivity contribution in [2.45, 2.75) is 13.1 Å². The van der Waals surface area contributed by atoms with Crippen LogP contribution in [0, 0.1) is 6.92 Å². The zero-order valence-electron chi connectivity index (χ0n) is 10.6. The van der Waals surface area contributed by atoms with Crippen molar-refractivity contribution >= 4 is 11.6 Å². The third-order valence-corrected chi connectivity index (χ3v) is 2.79. The molecule has 1 aromatic carbocycles. The number of hydrogen-bond acceptors (Lipinski definition) is 3. The normalized spacial score (nSPS) is 11.5. The summed E-state index contributed by atoms with van der Waals surface area (Å²) in [5.74, 6) is 0.415. The number of nitrogens with zero attached hydrogens (tertiary/aromatic N) is 2. The van der Waals surface area contributed by atoms with Gasteiger partial charge in [0.1, 0.15) is 11.4 Å². The molecule has 1 heterocycles. The Bertz CT molecular complexity index is 644. The van der Waals surface area contributed by atoms with E-state index in [0.717, 1.165) is 11.6 Å². The fraction of sp³-hybridized carbons (Fsp3) is 0.231. The van der Waals surface area contributed by atoms with Crippen LogP contribution in [0.15, 0.2) is 24.3 Å². The fourth-order valence-corrected chi connectivity index (χ4v) is 1.91. The van der Waals surface area contributed by atoms with Crippen molar-refractivity contribution < 1.29 is 17.9 Å². The molecule has 0 aliphatic heterocycles. The van der Waals surface area contributed by atoms with Crippen LogP contribution >= 0.6 is 11.6 Å². The zero-order chi connectivity index (χ0) is 14.9. The first-order chi connectivity index (χ1) is 9.31. The summed E-state index contributed by atoms with van der Waals surface area (Å²) in [6.07, 6.45) is -4.58. The Balaban J connectivity index is 2.64. The number of aryl methyl sites for hydroxylation is 1. The molecule has 0 aliphatic carbocycles. The van der Waals surface area contributed by atoms with Crippen LogP contribution in [0.3, 0.4) is 0 Å². The first-order valence-corrected chi connectivity index (χ1v) is 5.96. The molecule has 0 radical (unpaired) electrons. The average Bonchev–Trinajstić information content (AvgIpc) is 2.37. The summed E-state index contributed by atoms with van der Waals surface area (Å²) in [5.41, 5.74) is 0.278. The Morgan fingerprint density at radius 3 is 2.45 bits per heavy atom. The van der Waals surface area contributed by atoms with Crippen LogP contribution in [-0.2, 0) is 6.18 Å². The van der Waals surface area contributed by atoms with E-state index in [1.165, 1.54) is 7.11 Å². The second kappa shape index (κ2) is 5.28. The number of ether oxygens (including phenoxy) is 1. The number of benzene rings is 1. The maximum absolute atomic E-state index is 12.7. The molecule has 20 heavy (non-hydrogen) atoms. The highest BCUT2D eigenvalue weighted by Crippen LogP contribution is 2.34. The van der Waals surface area contributed by atoms with E-state index in [2.05, 4.69) is 9.97 Å². The lowest BCUT2D eigenvalue weighted by Gasteiger charge is -2.11. The van der Waals surface area contributed by atoms with Gasteiger partial charge in [-0.1, -0.05) is 11.6 Å². The van der Waals surface area contributed by atoms with E-state index >= 15 is 0 Å². The molecule has 0 saturated heterocycles. The number of halogens is 4. The summed E-state index contributed by atoms with van der Waals surface area (Å²) in [5, 5.41) is -0.460. The molecule has 1 aromatic heterocycles. The standard InChI is InChI=1S/C13H10ClF3N2O/c1-7-3-4-10(20-2)8(5-7)9-6-11(13(15,16)17)19-12(14)18-9/h3-6H,1-2H3. The molecular formula is C13H10ClF3N2O. The summed E-state index contributed by atoms with van der Waals surface area (Å²) >= 11 is 5.58. The molecule has 0 unspecified atom stereocenters. The summed E-state index contributed by atoms with van der Waals surface area (Å²) in [6, 6.07) is 5.98. The summed E-state index contributed by atoms with van der Waals surface area (Å²) < 4.78 is 43.4. The second-order valence-electron chi connectivity index (χ2n) is 4.11. The average molecular weight is 303 g/mol. The van der Waals surface area contributed by atoms with E-state index in [-0.39, 0.29) is 5.69 Å². The minimum Gasteiger partial charge on any atom is -0.496 e. The smallest absolute Gasteiger partial charge is 0.433 e. The lowest BCUT2D eigenvalue weighted by molar-refractivity contribution is -0.141. The van der Waals surface area contributed by atoms with Gasteiger partial charge in [-0.2, -0.15) is 13.2 Å². The largest absolute Gasteiger partial charge is 0.496 e. The van der Waals surface area contributed by atoms with Gasteiger partial charge in [-0.3, -0.25) is 0 Å². The molecule has 106 valence electrons. The predicted octanol–water partition coefficient (Wildman–Crippen LogP) is 4.13. The van der Waals surface area contributed by atoms with Crippen LogP contribution in [0.4, 0.5) is 13.2 Å². The Kier molecular flexibility index (Phi) is 3.85. The van der Waals surface area contributed by atoms with Crippen LogP contribution in [-0.4, -0.2) is 17.1 Å². The SMILES string of the molecule is COc1ccc(C)cc1-c1cc(C(F)(F)F)nc(Cl)n1. The first-order valence-electron chi connectivity index (χ1n) is 5.58. The Morgan fingerprint density at radius 2 is 1.85 bits per heavy atom. The van der Waals surface area contributed by atoms with Gasteiger partial charge in [0.05, 0.1) is 12.8 Å². The van der Waals surface area contributed by atoms with E-state index in [9.17, 15) is 13.2 Å². The van der Waals surface area contributed by atoms with Gasteiger partial charge < -0.3 is 4.74 Å². The van der Waals surface area contributed by atoms with Gasteiger partial charge >= 0.3 is 6.18 Å². The van der Waals surface area contributed by atoms with E-state index in [1.807, 2.05) is 6.92 Å². The van der Waals surface area contributed by atoms with E-state index in [1.54, 1.807) is 18.2 Å². The van der Waals surface area contributed by atoms with Crippen LogP contribution in [0.2, 0.25) is 5.28 Å². The Hall–Kier alpha value is -1.82. The molecule has 0 spiro atoms. The number of aromatic nitrogens is 2. The molecule has 0 N–H and O–H groups in total. The highest BCUT2D eigenvalue weighted by molar-refractivity contribution is 6.28. The predicted molar refractivity (Wildman–Crippen MR) is 68.8 cm³/mol. The van der Waals surface area contributed by atoms with Gasteiger partial charge in [0.15, 0.2) is 0 Å². The monoisotopic (exact) mass is 302 g/mol. The van der Waals surface area contributed by atoms with Crippen molar-refractivity contribution in [1.82, 2.24) is 9.97 Å². The van der Waals surface area contributed by atoms with Gasteiger partial charge in [-0.25, -0.2) is 9.97 Å². The molecule has 2 aromatic rings.